The maximum atomic E-state index is 13.4. The topological polar surface area (TPSA) is 182 Å². The van der Waals surface area contributed by atoms with E-state index < -0.39 is 0 Å². The van der Waals surface area contributed by atoms with Crippen LogP contribution in [0.2, 0.25) is 0 Å². The number of halogens is 1. The number of hydrogen-bond acceptors (Lipinski definition) is 9. The summed E-state index contributed by atoms with van der Waals surface area (Å²) in [5.41, 5.74) is 20.4. The molecule has 5 aromatic heterocycles. The minimum absolute atomic E-state index is 0.126. The molecule has 20 heterocycles. The first kappa shape index (κ1) is 58.9. The molecule has 15 aliphatic heterocycles. The predicted molar refractivity (Wildman–Crippen MR) is 365 cm³/mol. The number of para-hydroxylation sites is 1. The number of nitrogens with two attached hydrogens (primary N) is 1. The third-order valence-electron chi connectivity index (χ3n) is 24.1. The Labute approximate surface area is 533 Å². The Hall–Kier alpha value is -7.11. The number of phenolic OH excluding ortho intramolecular Hbond substituents is 2. The highest BCUT2D eigenvalue weighted by Crippen LogP contribution is 2.47. The Morgan fingerprint density at radius 1 is 0.385 bits per heavy atom. The van der Waals surface area contributed by atoms with E-state index in [1.807, 2.05) is 36.4 Å². The molecule has 91 heavy (non-hydrogen) atoms. The maximum absolute atomic E-state index is 13.4. The van der Waals surface area contributed by atoms with Crippen molar-refractivity contribution in [3.8, 4) is 11.5 Å². The van der Waals surface area contributed by atoms with E-state index in [9.17, 15) is 19.7 Å². The van der Waals surface area contributed by atoms with E-state index in [4.69, 9.17) is 5.73 Å². The van der Waals surface area contributed by atoms with Gasteiger partial charge >= 0.3 is 0 Å². The molecule has 0 aliphatic carbocycles. The number of hydrogen-bond donors (Lipinski definition) is 9. The Morgan fingerprint density at radius 3 is 1.14 bits per heavy atom. The van der Waals surface area contributed by atoms with Crippen LogP contribution in [0.3, 0.4) is 0 Å². The summed E-state index contributed by atoms with van der Waals surface area (Å²) in [6.45, 7) is 18.8. The van der Waals surface area contributed by atoms with Crippen LogP contribution in [0.5, 0.6) is 11.5 Å². The van der Waals surface area contributed by atoms with Crippen molar-refractivity contribution in [1.82, 2.24) is 49.4 Å². The molecule has 5 aromatic carbocycles. The zero-order chi connectivity index (χ0) is 61.3. The molecular formula is C76H92FN11O3. The Bertz CT molecular complexity index is 3850. The summed E-state index contributed by atoms with van der Waals surface area (Å²) in [6, 6.07) is 28.9. The van der Waals surface area contributed by atoms with Crippen molar-refractivity contribution in [1.29, 1.82) is 0 Å². The highest BCUT2D eigenvalue weighted by molar-refractivity contribution is 5.90. The van der Waals surface area contributed by atoms with Gasteiger partial charge in [-0.2, -0.15) is 0 Å². The monoisotopic (exact) mass is 1230 g/mol. The van der Waals surface area contributed by atoms with Crippen molar-refractivity contribution in [2.45, 2.75) is 100 Å². The third-order valence-corrected chi connectivity index (χ3v) is 24.1. The van der Waals surface area contributed by atoms with Gasteiger partial charge in [-0.1, -0.05) is 18.2 Å². The first-order valence-electron chi connectivity index (χ1n) is 34.7. The number of aliphatic hydroxyl groups excluding tert-OH is 1. The molecule has 15 heteroatoms. The maximum Gasteiger partial charge on any atom is 0.139 e. The van der Waals surface area contributed by atoms with Crippen molar-refractivity contribution < 1.29 is 19.7 Å². The molecule has 5 unspecified atom stereocenters. The number of piperidine rings is 15. The molecule has 476 valence electrons. The molecule has 10 N–H and O–H groups in total. The summed E-state index contributed by atoms with van der Waals surface area (Å²) >= 11 is 0. The fourth-order valence-corrected chi connectivity index (χ4v) is 19.0. The van der Waals surface area contributed by atoms with E-state index in [0.29, 0.717) is 41.1 Å². The summed E-state index contributed by atoms with van der Waals surface area (Å²) in [4.78, 5) is 29.6. The summed E-state index contributed by atoms with van der Waals surface area (Å²) < 4.78 is 13.4. The largest absolute Gasteiger partial charge is 0.508 e. The van der Waals surface area contributed by atoms with E-state index in [1.54, 1.807) is 18.2 Å². The van der Waals surface area contributed by atoms with Crippen LogP contribution in [0, 0.1) is 35.4 Å². The van der Waals surface area contributed by atoms with Gasteiger partial charge in [-0.15, -0.1) is 0 Å². The molecule has 14 nitrogen and oxygen atoms in total. The van der Waals surface area contributed by atoms with Crippen LogP contribution < -0.4 is 5.73 Å². The second-order valence-electron chi connectivity index (χ2n) is 28.9. The number of fused-ring (bicyclic) bond motifs is 20. The van der Waals surface area contributed by atoms with Crippen LogP contribution in [-0.2, 0) is 6.61 Å². The minimum Gasteiger partial charge on any atom is -0.508 e. The van der Waals surface area contributed by atoms with Crippen LogP contribution in [0.4, 0.5) is 10.1 Å². The number of H-pyrrole nitrogens is 5. The fraction of sp³-hybridized carbons (Fsp3) is 0.474. The Morgan fingerprint density at radius 2 is 0.736 bits per heavy atom. The molecule has 10 aromatic rings. The van der Waals surface area contributed by atoms with Crippen molar-refractivity contribution in [2.75, 3.05) is 104 Å². The second kappa shape index (κ2) is 25.1. The van der Waals surface area contributed by atoms with E-state index in [1.165, 1.54) is 222 Å². The smallest absolute Gasteiger partial charge is 0.139 e. The van der Waals surface area contributed by atoms with E-state index in [-0.39, 0.29) is 12.4 Å². The number of aromatic nitrogens is 5. The van der Waals surface area contributed by atoms with Gasteiger partial charge < -0.3 is 70.5 Å². The molecule has 15 aliphatic rings. The number of aliphatic hydroxyl groups is 1. The predicted octanol–water partition coefficient (Wildman–Crippen LogP) is 13.5. The Balaban J connectivity index is 0.0000000908. The minimum atomic E-state index is -0.135. The van der Waals surface area contributed by atoms with Gasteiger partial charge in [0, 0.05) is 148 Å². The van der Waals surface area contributed by atoms with Crippen LogP contribution in [0.15, 0.2) is 122 Å². The molecule has 15 fully saturated rings. The summed E-state index contributed by atoms with van der Waals surface area (Å²) in [5.74, 6) is 8.00. The number of aromatic hydroxyl groups is 2. The third kappa shape index (κ3) is 11.6. The fourth-order valence-electron chi connectivity index (χ4n) is 19.0. The summed E-state index contributed by atoms with van der Waals surface area (Å²) in [7, 11) is 0. The lowest BCUT2D eigenvalue weighted by molar-refractivity contribution is 0.0876. The van der Waals surface area contributed by atoms with E-state index >= 15 is 0 Å². The van der Waals surface area contributed by atoms with Crippen molar-refractivity contribution >= 4 is 60.2 Å². The number of anilines is 1. The van der Waals surface area contributed by atoms with Crippen LogP contribution in [0.25, 0.3) is 54.5 Å². The average molecular weight is 1230 g/mol. The number of nitrogen functional groups attached to an aromatic ring is 1. The quantitative estimate of drug-likeness (QED) is 0.0732. The molecular weight excluding hydrogens is 1130 g/mol. The van der Waals surface area contributed by atoms with Crippen LogP contribution in [0.1, 0.15) is 127 Å². The molecule has 0 radical (unpaired) electrons. The summed E-state index contributed by atoms with van der Waals surface area (Å²) in [5, 5.41) is 35.0. The molecule has 15 saturated heterocycles. The van der Waals surface area contributed by atoms with Gasteiger partial charge in [-0.05, 0) is 265 Å². The zero-order valence-electron chi connectivity index (χ0n) is 52.7. The number of aromatic amines is 5. The first-order valence-corrected chi connectivity index (χ1v) is 34.7. The van der Waals surface area contributed by atoms with E-state index in [0.717, 1.165) is 69.3 Å². The lowest BCUT2D eigenvalue weighted by Crippen LogP contribution is -2.46. The van der Waals surface area contributed by atoms with Crippen molar-refractivity contribution in [2.24, 2.45) is 29.6 Å². The lowest BCUT2D eigenvalue weighted by atomic mass is 9.75. The number of benzene rings is 5. The van der Waals surface area contributed by atoms with Gasteiger partial charge in [0.1, 0.15) is 17.3 Å². The summed E-state index contributed by atoms with van der Waals surface area (Å²) in [6.07, 6.45) is 24.1. The van der Waals surface area contributed by atoms with E-state index in [2.05, 4.69) is 111 Å². The number of nitrogens with zero attached hydrogens (tertiary/aromatic N) is 5. The van der Waals surface area contributed by atoms with Gasteiger partial charge in [-0.3, -0.25) is 0 Å². The average Bonchev–Trinajstić information content (AvgIpc) is 2.40. The van der Waals surface area contributed by atoms with Gasteiger partial charge in [0.05, 0.1) is 12.1 Å². The highest BCUT2D eigenvalue weighted by atomic mass is 19.1. The number of nitrogens with one attached hydrogen (secondary N) is 5. The first-order chi connectivity index (χ1) is 44.6. The van der Waals surface area contributed by atoms with Gasteiger partial charge in [-0.25, -0.2) is 4.39 Å². The van der Waals surface area contributed by atoms with Crippen LogP contribution >= 0.6 is 0 Å². The normalized spacial score (nSPS) is 30.8. The molecule has 5 atom stereocenters. The number of phenols is 2. The molecule has 10 bridgehead atoms. The van der Waals surface area contributed by atoms with Crippen molar-refractivity contribution in [3.63, 3.8) is 0 Å². The molecule has 0 saturated carbocycles. The van der Waals surface area contributed by atoms with Crippen molar-refractivity contribution in [3.05, 3.63) is 161 Å². The van der Waals surface area contributed by atoms with Gasteiger partial charge in [0.25, 0.3) is 0 Å². The molecule has 25 rings (SSSR count). The van der Waals surface area contributed by atoms with Gasteiger partial charge in [0.2, 0.25) is 0 Å². The van der Waals surface area contributed by atoms with Gasteiger partial charge in [0.15, 0.2) is 0 Å². The highest BCUT2D eigenvalue weighted by Gasteiger charge is 2.41. The Kier molecular flexibility index (Phi) is 16.2. The van der Waals surface area contributed by atoms with Crippen LogP contribution in [-0.4, -0.2) is 163 Å². The second-order valence-corrected chi connectivity index (χ2v) is 28.9. The lowest BCUT2D eigenvalue weighted by Gasteiger charge is -2.44. The molecule has 0 spiro atoms. The SMILES string of the molecule is Fc1ccc2[nH]cc(C3CN4CCC3CC4)c2c1.Nc1ccc2[nH]cc(C3CN4CCC3CC4)c2c1.OCc1ccc2[nH]cc(C3CN4CCC3CC4)c2c1.Oc1ccc2[nH]cc(C3CN4CCC3CC4)c2c1.Oc1cccc2c(C3CN4CCC3CC4)c[nH]c12. The number of rotatable bonds is 6. The molecule has 0 amide bonds. The standard InChI is InChI=1S/C16H20N2O.C15H17FN2.C15H19N3.2C15H18N2O/c19-10-11-1-2-16-13(7-11)14(8-17-16)15-9-18-5-3-12(15)4-6-18;2*16-11-1-2-15-12(7-11)13(8-17-15)14-9-18-5-3-10(14)4-6-18;18-11-1-2-15-12(7-11)13(8-16-15)14-9-17-5-3-10(14)4-6-17;18-14-3-1-2-11-12(8-16-15(11)14)13-9-17-6-4-10(13)5-7-17/h1-2,7-8,12,15,17,19H,3-6,9-10H2;1-2,7-8,10,14,17H,3-6,9H2;1-2,7-8,10,14,17H,3-6,9,16H2;1-2,7-8,10,14,16,18H,3-6,9H2;1-3,8,10,13,16,18H,4-7,9H2. The zero-order valence-corrected chi connectivity index (χ0v) is 52.7.